The van der Waals surface area contributed by atoms with Crippen LogP contribution >= 0.6 is 15.9 Å². The molecule has 0 spiro atoms. The number of rotatable bonds is 2. The van der Waals surface area contributed by atoms with Crippen LogP contribution in [0.4, 0.5) is 5.69 Å². The Balaban J connectivity index is 2.20. The number of H-pyrrole nitrogens is 1. The normalized spacial score (nSPS) is 9.94. The maximum atomic E-state index is 11.8. The van der Waals surface area contributed by atoms with Crippen LogP contribution in [-0.2, 0) is 0 Å². The molecule has 2 aromatic rings. The Morgan fingerprint density at radius 2 is 1.94 bits per heavy atom. The Kier molecular flexibility index (Phi) is 3.39. The van der Waals surface area contributed by atoms with Crippen LogP contribution in [0.15, 0.2) is 51.9 Å². The third-order valence-corrected chi connectivity index (χ3v) is 2.86. The van der Waals surface area contributed by atoms with Crippen LogP contribution in [0.25, 0.3) is 0 Å². The second-order valence-corrected chi connectivity index (χ2v) is 4.23. The lowest BCUT2D eigenvalue weighted by Crippen LogP contribution is -2.14. The molecule has 0 radical (unpaired) electrons. The smallest absolute Gasteiger partial charge is 0.257 e. The van der Waals surface area contributed by atoms with Gasteiger partial charge in [-0.1, -0.05) is 12.1 Å². The van der Waals surface area contributed by atoms with Crippen LogP contribution in [-0.4, -0.2) is 10.9 Å². The van der Waals surface area contributed by atoms with Crippen molar-refractivity contribution < 1.29 is 4.79 Å². The highest BCUT2D eigenvalue weighted by Crippen LogP contribution is 2.21. The van der Waals surface area contributed by atoms with E-state index in [-0.39, 0.29) is 11.5 Å². The largest absolute Gasteiger partial charge is 0.328 e. The lowest BCUT2D eigenvalue weighted by molar-refractivity contribution is 0.102. The van der Waals surface area contributed by atoms with E-state index in [1.54, 1.807) is 6.07 Å². The first-order valence-corrected chi connectivity index (χ1v) is 5.71. The molecule has 17 heavy (non-hydrogen) atoms. The molecule has 0 saturated carbocycles. The first-order valence-electron chi connectivity index (χ1n) is 4.91. The maximum absolute atomic E-state index is 11.8. The zero-order valence-corrected chi connectivity index (χ0v) is 10.3. The standard InChI is InChI=1S/C12H9BrN2O2/c13-9-3-1-2-4-10(9)15-12(17)8-5-6-11(16)14-7-8/h1-7H,(H,14,16)(H,15,17). The number of anilines is 1. The molecule has 1 aromatic carbocycles. The predicted octanol–water partition coefficient (Wildman–Crippen LogP) is 2.39. The molecule has 1 aromatic heterocycles. The molecule has 0 aliphatic rings. The van der Waals surface area contributed by atoms with Crippen LogP contribution in [0.3, 0.4) is 0 Å². The number of amides is 1. The summed E-state index contributed by atoms with van der Waals surface area (Å²) in [6, 6.07) is 10.1. The van der Waals surface area contributed by atoms with E-state index < -0.39 is 0 Å². The number of pyridine rings is 1. The summed E-state index contributed by atoms with van der Waals surface area (Å²) < 4.78 is 0.803. The number of benzene rings is 1. The van der Waals surface area contributed by atoms with Crippen molar-refractivity contribution in [3.8, 4) is 0 Å². The summed E-state index contributed by atoms with van der Waals surface area (Å²) in [5.41, 5.74) is 0.853. The van der Waals surface area contributed by atoms with Crippen molar-refractivity contribution in [2.45, 2.75) is 0 Å². The minimum absolute atomic E-state index is 0.234. The molecule has 0 fully saturated rings. The van der Waals surface area contributed by atoms with Crippen LogP contribution in [0.1, 0.15) is 10.4 Å². The Labute approximate surface area is 106 Å². The Hall–Kier alpha value is -1.88. The average Bonchev–Trinajstić information content (AvgIpc) is 2.33. The predicted molar refractivity (Wildman–Crippen MR) is 69.2 cm³/mol. The quantitative estimate of drug-likeness (QED) is 0.893. The van der Waals surface area contributed by atoms with Crippen LogP contribution in [0, 0.1) is 0 Å². The summed E-state index contributed by atoms with van der Waals surface area (Å²) in [6.07, 6.45) is 1.38. The molecule has 4 nitrogen and oxygen atoms in total. The molecule has 0 aliphatic carbocycles. The zero-order valence-electron chi connectivity index (χ0n) is 8.74. The lowest BCUT2D eigenvalue weighted by Gasteiger charge is -2.06. The van der Waals surface area contributed by atoms with Gasteiger partial charge in [0.2, 0.25) is 5.56 Å². The summed E-state index contributed by atoms with van der Waals surface area (Å²) >= 11 is 3.34. The van der Waals surface area contributed by atoms with E-state index in [1.807, 2.05) is 18.2 Å². The molecule has 86 valence electrons. The average molecular weight is 293 g/mol. The van der Waals surface area contributed by atoms with Crippen molar-refractivity contribution >= 4 is 27.5 Å². The number of carbonyl (C=O) groups excluding carboxylic acids is 1. The summed E-state index contributed by atoms with van der Waals surface area (Å²) in [5.74, 6) is -0.270. The van der Waals surface area contributed by atoms with Crippen molar-refractivity contribution in [2.75, 3.05) is 5.32 Å². The van der Waals surface area contributed by atoms with Crippen molar-refractivity contribution in [1.29, 1.82) is 0 Å². The number of aromatic nitrogens is 1. The molecule has 0 unspecified atom stereocenters. The molecule has 2 N–H and O–H groups in total. The number of carbonyl (C=O) groups is 1. The fourth-order valence-electron chi connectivity index (χ4n) is 1.31. The minimum atomic E-state index is -0.270. The van der Waals surface area contributed by atoms with E-state index in [0.717, 1.165) is 4.47 Å². The molecule has 1 amide bonds. The van der Waals surface area contributed by atoms with Gasteiger partial charge in [0, 0.05) is 16.7 Å². The van der Waals surface area contributed by atoms with Crippen molar-refractivity contribution in [3.63, 3.8) is 0 Å². The first-order chi connectivity index (χ1) is 8.16. The van der Waals surface area contributed by atoms with E-state index in [2.05, 4.69) is 26.2 Å². The summed E-state index contributed by atoms with van der Waals surface area (Å²) in [7, 11) is 0. The number of hydrogen-bond acceptors (Lipinski definition) is 2. The SMILES string of the molecule is O=C(Nc1ccccc1Br)c1ccc(=O)[nH]c1. The van der Waals surface area contributed by atoms with Crippen LogP contribution < -0.4 is 10.9 Å². The van der Waals surface area contributed by atoms with Gasteiger partial charge in [0.1, 0.15) is 0 Å². The van der Waals surface area contributed by atoms with Gasteiger partial charge in [0.05, 0.1) is 11.3 Å². The number of nitrogens with one attached hydrogen (secondary N) is 2. The Bertz CT molecular complexity index is 587. The fraction of sp³-hybridized carbons (Fsp3) is 0. The number of hydrogen-bond donors (Lipinski definition) is 2. The van der Waals surface area contributed by atoms with Gasteiger partial charge in [-0.15, -0.1) is 0 Å². The monoisotopic (exact) mass is 292 g/mol. The number of para-hydroxylation sites is 1. The van der Waals surface area contributed by atoms with Gasteiger partial charge in [-0.25, -0.2) is 0 Å². The number of halogens is 1. The molecule has 5 heteroatoms. The molecule has 0 aliphatic heterocycles. The molecule has 0 bridgehead atoms. The second-order valence-electron chi connectivity index (χ2n) is 3.38. The van der Waals surface area contributed by atoms with Gasteiger partial charge < -0.3 is 10.3 Å². The zero-order chi connectivity index (χ0) is 12.3. The molecular weight excluding hydrogens is 284 g/mol. The lowest BCUT2D eigenvalue weighted by atomic mass is 10.2. The van der Waals surface area contributed by atoms with E-state index in [9.17, 15) is 9.59 Å². The van der Waals surface area contributed by atoms with Crippen molar-refractivity contribution in [1.82, 2.24) is 4.98 Å². The third kappa shape index (κ3) is 2.82. The highest BCUT2D eigenvalue weighted by molar-refractivity contribution is 9.10. The van der Waals surface area contributed by atoms with Gasteiger partial charge in [0.15, 0.2) is 0 Å². The van der Waals surface area contributed by atoms with Crippen LogP contribution in [0.2, 0.25) is 0 Å². The van der Waals surface area contributed by atoms with Gasteiger partial charge >= 0.3 is 0 Å². The third-order valence-electron chi connectivity index (χ3n) is 2.17. The molecule has 0 saturated heterocycles. The molecule has 0 atom stereocenters. The highest BCUT2D eigenvalue weighted by atomic mass is 79.9. The van der Waals surface area contributed by atoms with E-state index in [1.165, 1.54) is 18.3 Å². The minimum Gasteiger partial charge on any atom is -0.328 e. The van der Waals surface area contributed by atoms with Gasteiger partial charge in [-0.05, 0) is 34.1 Å². The summed E-state index contributed by atoms with van der Waals surface area (Å²) in [5, 5.41) is 2.74. The first kappa shape index (κ1) is 11.6. The highest BCUT2D eigenvalue weighted by Gasteiger charge is 2.07. The fourth-order valence-corrected chi connectivity index (χ4v) is 1.69. The second kappa shape index (κ2) is 4.97. The van der Waals surface area contributed by atoms with Crippen LogP contribution in [0.5, 0.6) is 0 Å². The van der Waals surface area contributed by atoms with Gasteiger partial charge in [0.25, 0.3) is 5.91 Å². The molecule has 2 rings (SSSR count). The van der Waals surface area contributed by atoms with Crippen molar-refractivity contribution in [2.24, 2.45) is 0 Å². The maximum Gasteiger partial charge on any atom is 0.257 e. The Morgan fingerprint density at radius 1 is 1.18 bits per heavy atom. The van der Waals surface area contributed by atoms with Gasteiger partial charge in [-0.2, -0.15) is 0 Å². The van der Waals surface area contributed by atoms with E-state index in [0.29, 0.717) is 11.3 Å². The Morgan fingerprint density at radius 3 is 2.59 bits per heavy atom. The van der Waals surface area contributed by atoms with Gasteiger partial charge in [-0.3, -0.25) is 9.59 Å². The topological polar surface area (TPSA) is 62.0 Å². The van der Waals surface area contributed by atoms with E-state index in [4.69, 9.17) is 0 Å². The number of aromatic amines is 1. The summed E-state index contributed by atoms with van der Waals surface area (Å²) in [6.45, 7) is 0. The van der Waals surface area contributed by atoms with E-state index >= 15 is 0 Å². The molecule has 1 heterocycles. The van der Waals surface area contributed by atoms with Crippen molar-refractivity contribution in [3.05, 3.63) is 63.0 Å². The summed E-state index contributed by atoms with van der Waals surface area (Å²) in [4.78, 5) is 25.1. The molecular formula is C12H9BrN2O2.